The predicted molar refractivity (Wildman–Crippen MR) is 133 cm³/mol. The largest absolute Gasteiger partial charge is 0.492 e. The van der Waals surface area contributed by atoms with Crippen LogP contribution in [0.2, 0.25) is 0 Å². The second-order valence-electron chi connectivity index (χ2n) is 9.53. The molecular weight excluding hydrogens is 541 g/mol. The van der Waals surface area contributed by atoms with E-state index in [1.165, 1.54) is 36.5 Å². The summed E-state index contributed by atoms with van der Waals surface area (Å²) in [5.41, 5.74) is 0.183. The Balaban J connectivity index is 1.45. The number of esters is 1. The first-order valence-corrected chi connectivity index (χ1v) is 14.0. The van der Waals surface area contributed by atoms with Gasteiger partial charge in [0.25, 0.3) is 5.95 Å². The molecule has 3 aromatic rings. The Labute approximate surface area is 223 Å². The van der Waals surface area contributed by atoms with Gasteiger partial charge in [-0.2, -0.15) is 18.2 Å². The molecule has 210 valence electrons. The Kier molecular flexibility index (Phi) is 8.14. The minimum atomic E-state index is -5.23. The van der Waals surface area contributed by atoms with Gasteiger partial charge in [-0.3, -0.25) is 0 Å². The Morgan fingerprint density at radius 3 is 2.41 bits per heavy atom. The van der Waals surface area contributed by atoms with E-state index in [9.17, 15) is 26.4 Å². The number of pyridine rings is 1. The number of hydrogen-bond donors (Lipinski definition) is 0. The highest BCUT2D eigenvalue weighted by molar-refractivity contribution is 7.90. The molecule has 10 nitrogen and oxygen atoms in total. The molecule has 1 fully saturated rings. The van der Waals surface area contributed by atoms with Crippen LogP contribution in [0.3, 0.4) is 0 Å². The molecule has 3 heterocycles. The van der Waals surface area contributed by atoms with Crippen molar-refractivity contribution in [2.75, 3.05) is 30.9 Å². The van der Waals surface area contributed by atoms with Gasteiger partial charge in [0, 0.05) is 36.9 Å². The van der Waals surface area contributed by atoms with Crippen molar-refractivity contribution >= 4 is 21.8 Å². The van der Waals surface area contributed by atoms with Crippen molar-refractivity contribution in [3.05, 3.63) is 42.4 Å². The number of alkyl halides is 3. The van der Waals surface area contributed by atoms with E-state index in [0.717, 1.165) is 19.1 Å². The zero-order chi connectivity index (χ0) is 28.4. The molecular formula is C25H27F3N4O6S. The van der Waals surface area contributed by atoms with Crippen molar-refractivity contribution in [1.29, 1.82) is 0 Å². The summed E-state index contributed by atoms with van der Waals surface area (Å²) in [5.74, 6) is -1.36. The molecule has 0 saturated carbocycles. The molecule has 4 rings (SSSR count). The highest BCUT2D eigenvalue weighted by Gasteiger charge is 2.42. The second-order valence-corrected chi connectivity index (χ2v) is 11.5. The van der Waals surface area contributed by atoms with Crippen LogP contribution in [0.15, 0.2) is 45.9 Å². The Morgan fingerprint density at radius 2 is 1.85 bits per heavy atom. The van der Waals surface area contributed by atoms with Crippen LogP contribution >= 0.6 is 0 Å². The first-order valence-electron chi connectivity index (χ1n) is 12.1. The summed E-state index contributed by atoms with van der Waals surface area (Å²) in [5, 5.41) is 4.03. The fourth-order valence-corrected chi connectivity index (χ4v) is 4.55. The number of hydrogen-bond acceptors (Lipinski definition) is 10. The molecule has 0 bridgehead atoms. The second kappa shape index (κ2) is 11.2. The molecule has 1 aliphatic rings. The minimum Gasteiger partial charge on any atom is -0.492 e. The SMILES string of the molecule is CC(C)c1nc(N2CCC(COc3cnc(-c4ccc(S(C)(=O)=O)cc4)c(OC(=O)C(F)(F)F)c3)CC2)no1. The number of ether oxygens (including phenoxy) is 2. The van der Waals surface area contributed by atoms with E-state index in [4.69, 9.17) is 9.26 Å². The average molecular weight is 569 g/mol. The highest BCUT2D eigenvalue weighted by atomic mass is 32.2. The third kappa shape index (κ3) is 7.05. The Morgan fingerprint density at radius 1 is 1.18 bits per heavy atom. The number of aromatic nitrogens is 3. The average Bonchev–Trinajstić information content (AvgIpc) is 3.38. The Bertz CT molecular complexity index is 1420. The quantitative estimate of drug-likeness (QED) is 0.361. The third-order valence-electron chi connectivity index (χ3n) is 6.13. The molecule has 14 heteroatoms. The maximum absolute atomic E-state index is 12.9. The molecule has 0 radical (unpaired) electrons. The zero-order valence-corrected chi connectivity index (χ0v) is 22.3. The van der Waals surface area contributed by atoms with E-state index >= 15 is 0 Å². The van der Waals surface area contributed by atoms with E-state index in [2.05, 4.69) is 19.9 Å². The first kappa shape index (κ1) is 28.3. The monoisotopic (exact) mass is 568 g/mol. The number of carbonyl (C=O) groups excluding carboxylic acids is 1. The molecule has 0 atom stereocenters. The summed E-state index contributed by atoms with van der Waals surface area (Å²) in [6.07, 6.45) is -1.36. The lowest BCUT2D eigenvalue weighted by Crippen LogP contribution is -2.36. The number of halogens is 3. The maximum atomic E-state index is 12.9. The topological polar surface area (TPSA) is 125 Å². The van der Waals surface area contributed by atoms with Crippen molar-refractivity contribution in [2.24, 2.45) is 5.92 Å². The maximum Gasteiger partial charge on any atom is 0.491 e. The fraction of sp³-hybridized carbons (Fsp3) is 0.440. The van der Waals surface area contributed by atoms with Gasteiger partial charge < -0.3 is 18.9 Å². The summed E-state index contributed by atoms with van der Waals surface area (Å²) in [4.78, 5) is 22.2. The summed E-state index contributed by atoms with van der Waals surface area (Å²) in [7, 11) is -3.49. The van der Waals surface area contributed by atoms with Gasteiger partial charge in [-0.15, -0.1) is 0 Å². The highest BCUT2D eigenvalue weighted by Crippen LogP contribution is 2.34. The van der Waals surface area contributed by atoms with Crippen molar-refractivity contribution in [1.82, 2.24) is 15.1 Å². The van der Waals surface area contributed by atoms with Crippen LogP contribution in [-0.4, -0.2) is 61.6 Å². The van der Waals surface area contributed by atoms with Gasteiger partial charge in [-0.1, -0.05) is 26.0 Å². The van der Waals surface area contributed by atoms with Crippen molar-refractivity contribution in [2.45, 2.75) is 43.7 Å². The molecule has 2 aromatic heterocycles. The van der Waals surface area contributed by atoms with Crippen LogP contribution in [0.5, 0.6) is 11.5 Å². The number of piperidine rings is 1. The number of carbonyl (C=O) groups is 1. The molecule has 0 unspecified atom stereocenters. The third-order valence-corrected chi connectivity index (χ3v) is 7.25. The lowest BCUT2D eigenvalue weighted by Gasteiger charge is -2.30. The van der Waals surface area contributed by atoms with Gasteiger partial charge in [0.15, 0.2) is 15.6 Å². The van der Waals surface area contributed by atoms with Crippen LogP contribution in [0.4, 0.5) is 19.1 Å². The molecule has 39 heavy (non-hydrogen) atoms. The predicted octanol–water partition coefficient (Wildman–Crippen LogP) is 4.42. The molecule has 0 spiro atoms. The molecule has 0 N–H and O–H groups in total. The van der Waals surface area contributed by atoms with Gasteiger partial charge in [-0.05, 0) is 36.0 Å². The van der Waals surface area contributed by atoms with Crippen LogP contribution in [0, 0.1) is 5.92 Å². The van der Waals surface area contributed by atoms with Gasteiger partial charge in [0.1, 0.15) is 11.4 Å². The van der Waals surface area contributed by atoms with E-state index in [-0.39, 0.29) is 40.3 Å². The summed E-state index contributed by atoms with van der Waals surface area (Å²) in [6, 6.07) is 6.48. The van der Waals surface area contributed by atoms with E-state index in [1.807, 2.05) is 18.7 Å². The number of anilines is 1. The van der Waals surface area contributed by atoms with Crippen molar-refractivity contribution in [3.63, 3.8) is 0 Å². The number of benzene rings is 1. The fourth-order valence-electron chi connectivity index (χ4n) is 3.92. The van der Waals surface area contributed by atoms with Gasteiger partial charge in [-0.25, -0.2) is 18.2 Å². The van der Waals surface area contributed by atoms with Crippen LogP contribution < -0.4 is 14.4 Å². The first-order chi connectivity index (χ1) is 18.3. The number of sulfone groups is 1. The van der Waals surface area contributed by atoms with Crippen LogP contribution in [-0.2, 0) is 14.6 Å². The minimum absolute atomic E-state index is 0.0192. The lowest BCUT2D eigenvalue weighted by atomic mass is 9.98. The normalized spacial score (nSPS) is 15.0. The lowest BCUT2D eigenvalue weighted by molar-refractivity contribution is -0.189. The molecule has 1 saturated heterocycles. The van der Waals surface area contributed by atoms with E-state index < -0.39 is 27.7 Å². The van der Waals surface area contributed by atoms with Crippen LogP contribution in [0.25, 0.3) is 11.3 Å². The van der Waals surface area contributed by atoms with Crippen molar-refractivity contribution < 1.29 is 40.4 Å². The summed E-state index contributed by atoms with van der Waals surface area (Å²) >= 11 is 0. The number of rotatable bonds is 8. The van der Waals surface area contributed by atoms with Gasteiger partial charge in [0.2, 0.25) is 5.89 Å². The summed E-state index contributed by atoms with van der Waals surface area (Å²) in [6.45, 7) is 5.56. The smallest absolute Gasteiger partial charge is 0.491 e. The van der Waals surface area contributed by atoms with E-state index in [1.54, 1.807) is 0 Å². The van der Waals surface area contributed by atoms with Crippen molar-refractivity contribution in [3.8, 4) is 22.8 Å². The molecule has 0 amide bonds. The van der Waals surface area contributed by atoms with E-state index in [0.29, 0.717) is 24.9 Å². The standard InChI is InChI=1S/C25H27F3N4O6S/c1-15(2)22-30-24(31-38-22)32-10-8-16(9-11-32)14-36-18-12-20(37-23(33)25(26,27)28)21(29-13-18)17-4-6-19(7-5-17)39(3,34)35/h4-7,12-13,15-16H,8-11,14H2,1-3H3. The molecule has 0 aliphatic carbocycles. The number of nitrogens with zero attached hydrogens (tertiary/aromatic N) is 4. The molecule has 1 aliphatic heterocycles. The zero-order valence-electron chi connectivity index (χ0n) is 21.4. The molecule has 1 aromatic carbocycles. The van der Waals surface area contributed by atoms with Gasteiger partial charge in [0.05, 0.1) is 17.7 Å². The Hall–Kier alpha value is -3.68. The van der Waals surface area contributed by atoms with Crippen LogP contribution in [0.1, 0.15) is 38.5 Å². The van der Waals surface area contributed by atoms with Gasteiger partial charge >= 0.3 is 12.1 Å². The summed E-state index contributed by atoms with van der Waals surface area (Å²) < 4.78 is 77.9.